The van der Waals surface area contributed by atoms with Gasteiger partial charge in [-0.3, -0.25) is 4.79 Å². The number of nitrogens with one attached hydrogen (secondary N) is 2. The number of amides is 1. The molecule has 0 fully saturated rings. The highest BCUT2D eigenvalue weighted by Crippen LogP contribution is 2.33. The van der Waals surface area contributed by atoms with Crippen molar-refractivity contribution in [3.63, 3.8) is 0 Å². The highest BCUT2D eigenvalue weighted by atomic mass is 16.5. The molecule has 0 aliphatic rings. The number of carbonyl (C=O) groups excluding carboxylic acids is 1. The third-order valence-electron chi connectivity index (χ3n) is 2.97. The number of rotatable bonds is 7. The van der Waals surface area contributed by atoms with Crippen molar-refractivity contribution >= 4 is 17.6 Å². The van der Waals surface area contributed by atoms with Gasteiger partial charge in [-0.25, -0.2) is 4.79 Å². The summed E-state index contributed by atoms with van der Waals surface area (Å²) in [5.74, 6) is -1.11. The van der Waals surface area contributed by atoms with Crippen molar-refractivity contribution < 1.29 is 24.2 Å². The van der Waals surface area contributed by atoms with Gasteiger partial charge in [0, 0.05) is 24.6 Å². The molecule has 0 aromatic heterocycles. The predicted molar refractivity (Wildman–Crippen MR) is 78.2 cm³/mol. The number of benzene rings is 1. The minimum absolute atomic E-state index is 0.0577. The monoisotopic (exact) mass is 296 g/mol. The summed E-state index contributed by atoms with van der Waals surface area (Å²) >= 11 is 0. The van der Waals surface area contributed by atoms with Crippen LogP contribution in [0.3, 0.4) is 0 Å². The third kappa shape index (κ3) is 4.09. The van der Waals surface area contributed by atoms with Gasteiger partial charge in [0.25, 0.3) is 0 Å². The number of carboxylic acids is 1. The van der Waals surface area contributed by atoms with E-state index in [0.29, 0.717) is 12.3 Å². The average molecular weight is 296 g/mol. The van der Waals surface area contributed by atoms with Gasteiger partial charge >= 0.3 is 5.97 Å². The van der Waals surface area contributed by atoms with Gasteiger partial charge < -0.3 is 25.2 Å². The molecule has 7 nitrogen and oxygen atoms in total. The molecular weight excluding hydrogens is 276 g/mol. The Morgan fingerprint density at radius 3 is 2.29 bits per heavy atom. The van der Waals surface area contributed by atoms with Crippen molar-refractivity contribution in [3.8, 4) is 11.5 Å². The highest BCUT2D eigenvalue weighted by molar-refractivity contribution is 6.02. The second kappa shape index (κ2) is 7.49. The number of carboxylic acid groups (broad SMARTS) is 1. The Morgan fingerprint density at radius 1 is 1.24 bits per heavy atom. The molecule has 21 heavy (non-hydrogen) atoms. The minimum atomic E-state index is -1.16. The normalized spacial score (nSPS) is 11.6. The summed E-state index contributed by atoms with van der Waals surface area (Å²) in [6, 6.07) is 2.76. The van der Waals surface area contributed by atoms with Crippen LogP contribution in [-0.2, 0) is 4.79 Å². The molecule has 1 rings (SSSR count). The number of ether oxygens (including phenoxy) is 2. The van der Waals surface area contributed by atoms with Crippen LogP contribution in [-0.4, -0.2) is 44.8 Å². The molecule has 116 valence electrons. The lowest BCUT2D eigenvalue weighted by Crippen LogP contribution is -2.29. The maximum Gasteiger partial charge on any atom is 0.337 e. The van der Waals surface area contributed by atoms with Crippen LogP contribution in [0, 0.1) is 5.92 Å². The van der Waals surface area contributed by atoms with E-state index in [9.17, 15) is 14.7 Å². The molecule has 3 N–H and O–H groups in total. The van der Waals surface area contributed by atoms with Gasteiger partial charge in [-0.2, -0.15) is 0 Å². The van der Waals surface area contributed by atoms with Gasteiger partial charge in [-0.1, -0.05) is 6.92 Å². The van der Waals surface area contributed by atoms with E-state index in [-0.39, 0.29) is 28.8 Å². The van der Waals surface area contributed by atoms with E-state index in [1.54, 1.807) is 14.0 Å². The van der Waals surface area contributed by atoms with E-state index < -0.39 is 5.97 Å². The first-order chi connectivity index (χ1) is 9.94. The first-order valence-electron chi connectivity index (χ1n) is 6.39. The summed E-state index contributed by atoms with van der Waals surface area (Å²) in [6.45, 7) is 2.23. The molecule has 1 aromatic carbocycles. The maximum atomic E-state index is 12.0. The molecule has 0 aliphatic heterocycles. The summed E-state index contributed by atoms with van der Waals surface area (Å²) in [5.41, 5.74) is 0.116. The fourth-order valence-electron chi connectivity index (χ4n) is 1.81. The molecule has 1 aromatic rings. The molecule has 1 amide bonds. The lowest BCUT2D eigenvalue weighted by atomic mass is 10.1. The Bertz CT molecular complexity index is 530. The SMILES string of the molecule is CNCC(C)C(=O)Nc1cc(OC)c(OC)cc1C(=O)O. The lowest BCUT2D eigenvalue weighted by molar-refractivity contribution is -0.119. The number of carbonyl (C=O) groups is 2. The highest BCUT2D eigenvalue weighted by Gasteiger charge is 2.20. The summed E-state index contributed by atoms with van der Waals surface area (Å²) in [7, 11) is 4.59. The van der Waals surface area contributed by atoms with Crippen molar-refractivity contribution in [2.45, 2.75) is 6.92 Å². The number of hydrogen-bond donors (Lipinski definition) is 3. The van der Waals surface area contributed by atoms with Gasteiger partial charge in [0.05, 0.1) is 25.5 Å². The Hall–Kier alpha value is -2.28. The zero-order valence-corrected chi connectivity index (χ0v) is 12.5. The van der Waals surface area contributed by atoms with Crippen LogP contribution < -0.4 is 20.1 Å². The fourth-order valence-corrected chi connectivity index (χ4v) is 1.81. The first kappa shape index (κ1) is 16.8. The van der Waals surface area contributed by atoms with Crippen LogP contribution in [0.4, 0.5) is 5.69 Å². The molecule has 0 radical (unpaired) electrons. The van der Waals surface area contributed by atoms with Gasteiger partial charge in [-0.05, 0) is 7.05 Å². The third-order valence-corrected chi connectivity index (χ3v) is 2.97. The van der Waals surface area contributed by atoms with E-state index in [1.807, 2.05) is 0 Å². The number of aromatic carboxylic acids is 1. The van der Waals surface area contributed by atoms with Crippen molar-refractivity contribution in [1.82, 2.24) is 5.32 Å². The summed E-state index contributed by atoms with van der Waals surface area (Å²) < 4.78 is 10.2. The molecule has 0 spiro atoms. The second-order valence-electron chi connectivity index (χ2n) is 4.51. The Balaban J connectivity index is 3.15. The number of methoxy groups -OCH3 is 2. The summed E-state index contributed by atoms with van der Waals surface area (Å²) in [5, 5.41) is 14.7. The average Bonchev–Trinajstić information content (AvgIpc) is 2.46. The van der Waals surface area contributed by atoms with Crippen molar-refractivity contribution in [1.29, 1.82) is 0 Å². The lowest BCUT2D eigenvalue weighted by Gasteiger charge is -2.16. The molecule has 7 heteroatoms. The smallest absolute Gasteiger partial charge is 0.337 e. The van der Waals surface area contributed by atoms with E-state index >= 15 is 0 Å². The van der Waals surface area contributed by atoms with Crippen molar-refractivity contribution in [2.75, 3.05) is 33.1 Å². The standard InChI is InChI=1S/C14H20N2O5/c1-8(7-15-2)13(17)16-10-6-12(21-4)11(20-3)5-9(10)14(18)19/h5-6,8,15H,7H2,1-4H3,(H,16,17)(H,18,19). The van der Waals surface area contributed by atoms with E-state index in [0.717, 1.165) is 0 Å². The predicted octanol–water partition coefficient (Wildman–Crippen LogP) is 1.20. The zero-order valence-electron chi connectivity index (χ0n) is 12.5. The number of anilines is 1. The van der Waals surface area contributed by atoms with Gasteiger partial charge in [-0.15, -0.1) is 0 Å². The first-order valence-corrected chi connectivity index (χ1v) is 6.39. The molecule has 0 saturated carbocycles. The molecule has 1 unspecified atom stereocenters. The quantitative estimate of drug-likeness (QED) is 0.699. The molecule has 0 saturated heterocycles. The van der Waals surface area contributed by atoms with E-state index in [1.165, 1.54) is 26.4 Å². The van der Waals surface area contributed by atoms with Gasteiger partial charge in [0.15, 0.2) is 11.5 Å². The Kier molecular flexibility index (Phi) is 5.98. The zero-order chi connectivity index (χ0) is 16.0. The molecule has 0 aliphatic carbocycles. The van der Waals surface area contributed by atoms with Gasteiger partial charge in [0.2, 0.25) is 5.91 Å². The summed E-state index contributed by atoms with van der Waals surface area (Å²) in [4.78, 5) is 23.3. The molecule has 0 heterocycles. The topological polar surface area (TPSA) is 96.9 Å². The number of hydrogen-bond acceptors (Lipinski definition) is 5. The van der Waals surface area contributed by atoms with Crippen LogP contribution >= 0.6 is 0 Å². The van der Waals surface area contributed by atoms with Crippen molar-refractivity contribution in [3.05, 3.63) is 17.7 Å². The molecular formula is C14H20N2O5. The maximum absolute atomic E-state index is 12.0. The fraction of sp³-hybridized carbons (Fsp3) is 0.429. The van der Waals surface area contributed by atoms with E-state index in [2.05, 4.69) is 10.6 Å². The Labute approximate surface area is 123 Å². The van der Waals surface area contributed by atoms with Crippen LogP contribution in [0.25, 0.3) is 0 Å². The van der Waals surface area contributed by atoms with Crippen LogP contribution in [0.2, 0.25) is 0 Å². The summed E-state index contributed by atoms with van der Waals surface area (Å²) in [6.07, 6.45) is 0. The second-order valence-corrected chi connectivity index (χ2v) is 4.51. The Morgan fingerprint density at radius 2 is 1.81 bits per heavy atom. The molecule has 0 bridgehead atoms. The van der Waals surface area contributed by atoms with Gasteiger partial charge in [0.1, 0.15) is 0 Å². The largest absolute Gasteiger partial charge is 0.493 e. The molecule has 1 atom stereocenters. The van der Waals surface area contributed by atoms with Crippen LogP contribution in [0.15, 0.2) is 12.1 Å². The minimum Gasteiger partial charge on any atom is -0.493 e. The van der Waals surface area contributed by atoms with Crippen LogP contribution in [0.5, 0.6) is 11.5 Å². The van der Waals surface area contributed by atoms with E-state index in [4.69, 9.17) is 9.47 Å². The van der Waals surface area contributed by atoms with Crippen molar-refractivity contribution in [2.24, 2.45) is 5.92 Å². The van der Waals surface area contributed by atoms with Crippen LogP contribution in [0.1, 0.15) is 17.3 Å².